The van der Waals surface area contributed by atoms with Crippen molar-refractivity contribution >= 4 is 121 Å². The third kappa shape index (κ3) is 17.7. The van der Waals surface area contributed by atoms with E-state index in [-0.39, 0.29) is 0 Å². The molecule has 0 unspecified atom stereocenters. The smallest absolute Gasteiger partial charge is 0.419 e. The summed E-state index contributed by atoms with van der Waals surface area (Å²) in [4.78, 5) is 69.1. The fraction of sp³-hybridized carbons (Fsp3) is 0.195. The molecular formula is C87H87N7O8. The van der Waals surface area contributed by atoms with Crippen molar-refractivity contribution in [2.45, 2.75) is 112 Å². The van der Waals surface area contributed by atoms with Gasteiger partial charge in [0.1, 0.15) is 22.4 Å². The molecule has 0 aliphatic rings. The van der Waals surface area contributed by atoms with Crippen LogP contribution in [0, 0.1) is 6.92 Å². The van der Waals surface area contributed by atoms with E-state index in [2.05, 4.69) is 94.4 Å². The number of amides is 4. The summed E-state index contributed by atoms with van der Waals surface area (Å²) in [7, 11) is 0. The Balaban J connectivity index is 1.02. The Labute approximate surface area is 599 Å². The highest BCUT2D eigenvalue weighted by molar-refractivity contribution is 6.00. The molecule has 11 rings (SSSR count). The molecule has 0 saturated heterocycles. The minimum absolute atomic E-state index is 0.492. The van der Waals surface area contributed by atoms with Crippen LogP contribution in [-0.4, -0.2) is 46.8 Å². The van der Waals surface area contributed by atoms with E-state index in [0.29, 0.717) is 45.5 Å². The van der Waals surface area contributed by atoms with Crippen molar-refractivity contribution < 1.29 is 38.1 Å². The number of carbonyl (C=O) groups excluding carboxylic acids is 4. The van der Waals surface area contributed by atoms with Crippen LogP contribution in [0.3, 0.4) is 0 Å². The molecule has 11 aromatic carbocycles. The predicted octanol–water partition coefficient (Wildman–Crippen LogP) is 24.7. The molecule has 11 aromatic rings. The molecule has 0 atom stereocenters. The van der Waals surface area contributed by atoms with Gasteiger partial charge in [0.2, 0.25) is 0 Å². The first kappa shape index (κ1) is 71.2. The lowest BCUT2D eigenvalue weighted by Gasteiger charge is -2.31. The minimum Gasteiger partial charge on any atom is -0.443 e. The molecule has 0 bridgehead atoms. The van der Waals surface area contributed by atoms with Gasteiger partial charge in [-0.3, -0.25) is 0 Å². The average molecular weight is 1360 g/mol. The van der Waals surface area contributed by atoms with Gasteiger partial charge in [-0.1, -0.05) is 90.5 Å². The first-order valence-corrected chi connectivity index (χ1v) is 34.0. The zero-order chi connectivity index (χ0) is 72.5. The zero-order valence-corrected chi connectivity index (χ0v) is 60.1. The summed E-state index contributed by atoms with van der Waals surface area (Å²) >= 11 is 0. The Morgan fingerprint density at radius 3 is 0.471 bits per heavy atom. The number of ether oxygens (including phenoxy) is 4. The lowest BCUT2D eigenvalue weighted by Crippen LogP contribution is -2.33. The van der Waals surface area contributed by atoms with Crippen molar-refractivity contribution in [1.29, 1.82) is 0 Å². The van der Waals surface area contributed by atoms with Gasteiger partial charge in [-0.15, -0.1) is 0 Å². The van der Waals surface area contributed by atoms with Gasteiger partial charge >= 0.3 is 24.4 Å². The molecule has 0 N–H and O–H groups in total. The normalized spacial score (nSPS) is 11.5. The van der Waals surface area contributed by atoms with Crippen molar-refractivity contribution in [3.63, 3.8) is 0 Å². The maximum Gasteiger partial charge on any atom is 0.419 e. The number of aryl methyl sites for hydroxylation is 1. The van der Waals surface area contributed by atoms with Crippen LogP contribution in [0.15, 0.2) is 291 Å². The van der Waals surface area contributed by atoms with Crippen molar-refractivity contribution in [2.24, 2.45) is 0 Å². The fourth-order valence-electron chi connectivity index (χ4n) is 11.5. The molecule has 0 aliphatic heterocycles. The molecular weight excluding hydrogens is 1270 g/mol. The molecule has 0 radical (unpaired) electrons. The number of nitrogens with zero attached hydrogens (tertiary/aromatic N) is 7. The quantitative estimate of drug-likeness (QED) is 0.0808. The predicted molar refractivity (Wildman–Crippen MR) is 414 cm³/mol. The lowest BCUT2D eigenvalue weighted by atomic mass is 10.1. The molecule has 102 heavy (non-hydrogen) atoms. The third-order valence-corrected chi connectivity index (χ3v) is 15.9. The number of hydrogen-bond donors (Lipinski definition) is 0. The Morgan fingerprint density at radius 1 is 0.196 bits per heavy atom. The summed E-state index contributed by atoms with van der Waals surface area (Å²) in [6, 6.07) is 93.9. The van der Waals surface area contributed by atoms with Crippen LogP contribution in [0.25, 0.3) is 0 Å². The van der Waals surface area contributed by atoms with Gasteiger partial charge in [-0.05, 0) is 296 Å². The van der Waals surface area contributed by atoms with Gasteiger partial charge in [0.25, 0.3) is 0 Å². The van der Waals surface area contributed by atoms with E-state index in [0.717, 1.165) is 56.7 Å². The molecule has 4 amide bonds. The summed E-state index contributed by atoms with van der Waals surface area (Å²) < 4.78 is 23.9. The van der Waals surface area contributed by atoms with Crippen LogP contribution in [-0.2, 0) is 18.9 Å². The van der Waals surface area contributed by atoms with E-state index in [1.54, 1.807) is 19.6 Å². The van der Waals surface area contributed by atoms with Gasteiger partial charge < -0.3 is 33.6 Å². The largest absolute Gasteiger partial charge is 0.443 e. The summed E-state index contributed by atoms with van der Waals surface area (Å²) in [5, 5.41) is 0. The monoisotopic (exact) mass is 1360 g/mol. The zero-order valence-electron chi connectivity index (χ0n) is 60.1. The number of para-hydroxylation sites is 4. The SMILES string of the molecule is Cc1ccc(N(c2ccc(N(C(=O)OC(C)(C)C)c3ccccc3)cc2)c2ccc(N(c3ccc(N(C(=O)OC(C)(C)C)c4ccccc4)cc3)c3ccc(N(c4ccc(N(C(=O)OC(C)(C)C)c5ccccc5)cc4)c4ccc(N(C(=O)OC(C)(C)C)c5ccccc5)cc4)cc3)cc2)cc1. The van der Waals surface area contributed by atoms with E-state index >= 15 is 0 Å². The van der Waals surface area contributed by atoms with Gasteiger partial charge in [-0.25, -0.2) is 38.8 Å². The number of benzene rings is 11. The van der Waals surface area contributed by atoms with Crippen LogP contribution >= 0.6 is 0 Å². The van der Waals surface area contributed by atoms with E-state index in [9.17, 15) is 19.2 Å². The van der Waals surface area contributed by atoms with Gasteiger partial charge in [0.05, 0.1) is 45.5 Å². The maximum atomic E-state index is 14.2. The molecule has 518 valence electrons. The summed E-state index contributed by atoms with van der Waals surface area (Å²) in [6.07, 6.45) is -2.06. The van der Waals surface area contributed by atoms with Crippen LogP contribution in [0.5, 0.6) is 0 Å². The van der Waals surface area contributed by atoms with Crippen molar-refractivity contribution in [3.8, 4) is 0 Å². The van der Waals surface area contributed by atoms with E-state index in [1.165, 1.54) is 0 Å². The molecule has 0 spiro atoms. The van der Waals surface area contributed by atoms with Gasteiger partial charge in [0.15, 0.2) is 0 Å². The molecule has 0 heterocycles. The first-order chi connectivity index (χ1) is 48.6. The second-order valence-electron chi connectivity index (χ2n) is 28.5. The molecule has 0 saturated carbocycles. The highest BCUT2D eigenvalue weighted by Crippen LogP contribution is 2.45. The van der Waals surface area contributed by atoms with Crippen molar-refractivity contribution in [2.75, 3.05) is 34.3 Å². The van der Waals surface area contributed by atoms with Gasteiger partial charge in [0, 0.05) is 51.2 Å². The maximum absolute atomic E-state index is 14.2. The number of rotatable bonds is 17. The standard InChI is InChI=1S/C87H87N7O8/c1-62-34-36-67(37-35-62)88(72-46-54-76(55-47-72)91(63-26-18-14-19-27-63)80(95)99-84(2,3)4)68-38-40-69(41-39-68)89(73-48-56-77(57-49-73)92(64-28-20-15-21-29-64)81(96)100-85(5,6)7)70-42-44-71(45-43-70)90(74-50-58-78(59-51-74)93(65-30-22-16-23-31-65)82(97)101-86(8,9)10)75-52-60-79(61-53-75)94(66-32-24-17-25-33-66)83(98)102-87(11,12)13/h14-61H,1-13H3. The van der Waals surface area contributed by atoms with Crippen LogP contribution < -0.4 is 34.3 Å². The topological polar surface area (TPSA) is 128 Å². The average Bonchev–Trinajstić information content (AvgIpc) is 0.788. The molecule has 0 fully saturated rings. The fourth-order valence-corrected chi connectivity index (χ4v) is 11.5. The Bertz CT molecular complexity index is 4500. The highest BCUT2D eigenvalue weighted by Gasteiger charge is 2.31. The van der Waals surface area contributed by atoms with E-state index in [4.69, 9.17) is 18.9 Å². The summed E-state index contributed by atoms with van der Waals surface area (Å²) in [6.45, 7) is 24.3. The second kappa shape index (κ2) is 30.2. The van der Waals surface area contributed by atoms with Crippen LogP contribution in [0.2, 0.25) is 0 Å². The number of carbonyl (C=O) groups is 4. The van der Waals surface area contributed by atoms with Crippen LogP contribution in [0.4, 0.5) is 116 Å². The number of hydrogen-bond acceptors (Lipinski definition) is 11. The molecule has 0 aromatic heterocycles. The highest BCUT2D eigenvalue weighted by atomic mass is 16.6. The Morgan fingerprint density at radius 2 is 0.324 bits per heavy atom. The first-order valence-electron chi connectivity index (χ1n) is 34.0. The molecule has 0 aliphatic carbocycles. The summed E-state index contributed by atoms with van der Waals surface area (Å²) in [5.41, 5.74) is 10.5. The van der Waals surface area contributed by atoms with E-state index in [1.807, 2.05) is 301 Å². The third-order valence-electron chi connectivity index (χ3n) is 15.9. The Kier molecular flexibility index (Phi) is 21.1. The molecule has 15 nitrogen and oxygen atoms in total. The van der Waals surface area contributed by atoms with E-state index < -0.39 is 46.8 Å². The Hall–Kier alpha value is -12.1. The van der Waals surface area contributed by atoms with Crippen molar-refractivity contribution in [3.05, 3.63) is 297 Å². The molecule has 15 heteroatoms. The number of anilines is 17. The van der Waals surface area contributed by atoms with Crippen LogP contribution in [0.1, 0.15) is 88.6 Å². The summed E-state index contributed by atoms with van der Waals surface area (Å²) in [5.74, 6) is 0. The lowest BCUT2D eigenvalue weighted by molar-refractivity contribution is 0.0588. The van der Waals surface area contributed by atoms with Gasteiger partial charge in [-0.2, -0.15) is 0 Å². The minimum atomic E-state index is -0.762. The van der Waals surface area contributed by atoms with Crippen molar-refractivity contribution in [1.82, 2.24) is 0 Å². The second-order valence-corrected chi connectivity index (χ2v) is 28.5.